The topological polar surface area (TPSA) is 41.9 Å². The van der Waals surface area contributed by atoms with Crippen LogP contribution in [-0.2, 0) is 24.2 Å². The molecule has 4 nitrogen and oxygen atoms in total. The molecule has 0 N–H and O–H groups in total. The van der Waals surface area contributed by atoms with E-state index < -0.39 is 0 Å². The number of rotatable bonds is 8. The Morgan fingerprint density at radius 3 is 1.95 bits per heavy atom. The number of hydrogen-bond acceptors (Lipinski definition) is 4. The fraction of sp³-hybridized carbons (Fsp3) is 0.152. The summed E-state index contributed by atoms with van der Waals surface area (Å²) in [6, 6.07) is 24.7. The average Bonchev–Trinajstić information content (AvgIpc) is 3.28. The molecule has 0 aromatic heterocycles. The lowest BCUT2D eigenvalue weighted by Crippen LogP contribution is -2.28. The molecule has 1 fully saturated rings. The summed E-state index contributed by atoms with van der Waals surface area (Å²) in [5.74, 6) is 0.160. The van der Waals surface area contributed by atoms with Crippen LogP contribution >= 0.6 is 58.2 Å². The first-order chi connectivity index (χ1) is 20.2. The minimum atomic E-state index is -0.180. The molecule has 1 heterocycles. The molecule has 1 amide bonds. The van der Waals surface area contributed by atoms with E-state index in [1.807, 2.05) is 54.6 Å². The van der Waals surface area contributed by atoms with Crippen molar-refractivity contribution in [2.75, 3.05) is 4.90 Å². The fourth-order valence-electron chi connectivity index (χ4n) is 4.31. The van der Waals surface area contributed by atoms with Gasteiger partial charge in [0, 0.05) is 0 Å². The van der Waals surface area contributed by atoms with E-state index in [0.717, 1.165) is 29.8 Å². The highest BCUT2D eigenvalue weighted by atomic mass is 35.5. The normalized spacial score (nSPS) is 15.2. The predicted molar refractivity (Wildman–Crippen MR) is 179 cm³/mol. The van der Waals surface area contributed by atoms with E-state index in [9.17, 15) is 4.79 Å². The lowest BCUT2D eigenvalue weighted by molar-refractivity contribution is -0.113. The van der Waals surface area contributed by atoms with E-state index in [1.165, 1.54) is 22.9 Å². The third-order valence-electron chi connectivity index (χ3n) is 6.66. The van der Waals surface area contributed by atoms with Crippen molar-refractivity contribution in [3.63, 3.8) is 0 Å². The monoisotopic (exact) mass is 654 g/mol. The number of aryl methyl sites for hydroxylation is 2. The highest BCUT2D eigenvalue weighted by molar-refractivity contribution is 8.19. The highest BCUT2D eigenvalue weighted by Crippen LogP contribution is 2.40. The van der Waals surface area contributed by atoms with Gasteiger partial charge in [0.25, 0.3) is 5.91 Å². The largest absolute Gasteiger partial charge is 0.486 e. The molecule has 4 aromatic rings. The number of thioether (sulfide) groups is 1. The Morgan fingerprint density at radius 1 is 0.762 bits per heavy atom. The van der Waals surface area contributed by atoms with Crippen molar-refractivity contribution in [3.05, 3.63) is 126 Å². The molecule has 1 aliphatic rings. The van der Waals surface area contributed by atoms with Gasteiger partial charge in [0.15, 0.2) is 10.9 Å². The molecule has 0 atom stereocenters. The maximum Gasteiger partial charge on any atom is 0.271 e. The molecule has 42 heavy (non-hydrogen) atoms. The summed E-state index contributed by atoms with van der Waals surface area (Å²) in [6.07, 6.45) is 3.62. The number of carbonyl (C=O) groups is 1. The van der Waals surface area contributed by atoms with Crippen LogP contribution in [0, 0.1) is 0 Å². The zero-order valence-electron chi connectivity index (χ0n) is 22.8. The third-order valence-corrected chi connectivity index (χ3v) is 8.93. The molecule has 1 saturated heterocycles. The number of carbonyl (C=O) groups excluding carboxylic acids is 1. The molecular weight excluding hydrogens is 630 g/mol. The van der Waals surface area contributed by atoms with Crippen molar-refractivity contribution >= 4 is 86.7 Å². The smallest absolute Gasteiger partial charge is 0.271 e. The number of halogens is 4. The van der Waals surface area contributed by atoms with E-state index in [0.29, 0.717) is 41.5 Å². The fourth-order valence-corrected chi connectivity index (χ4v) is 6.25. The third kappa shape index (κ3) is 6.99. The molecule has 0 bridgehead atoms. The van der Waals surface area contributed by atoms with Crippen molar-refractivity contribution in [3.8, 4) is 5.75 Å². The molecule has 0 spiro atoms. The number of anilines is 1. The summed E-state index contributed by atoms with van der Waals surface area (Å²) in [5, 5.41) is 2.11. The van der Waals surface area contributed by atoms with E-state index in [4.69, 9.17) is 56.1 Å². The first kappa shape index (κ1) is 30.5. The Bertz CT molecular complexity index is 1660. The molecule has 0 saturated carbocycles. The number of ether oxygens (including phenoxy) is 1. The van der Waals surface area contributed by atoms with Crippen molar-refractivity contribution in [1.82, 2.24) is 0 Å². The minimum absolute atomic E-state index is 0.180. The second-order valence-corrected chi connectivity index (χ2v) is 12.2. The van der Waals surface area contributed by atoms with Crippen molar-refractivity contribution in [2.24, 2.45) is 4.99 Å². The van der Waals surface area contributed by atoms with Crippen molar-refractivity contribution in [1.29, 1.82) is 0 Å². The van der Waals surface area contributed by atoms with Gasteiger partial charge in [-0.3, -0.25) is 9.69 Å². The number of aliphatic imine (C=N–C) groups is 1. The second kappa shape index (κ2) is 13.6. The SMILES string of the molecule is CCc1ccc(N=C2S/C(=C\c3cc(Cl)c(OCc4ccc(Cl)c(Cl)c4)c(Cl)c3)C(=O)N2c2ccc(CC)cc2)cc1. The van der Waals surface area contributed by atoms with Gasteiger partial charge in [-0.05, 0) is 101 Å². The van der Waals surface area contributed by atoms with Crippen molar-refractivity contribution < 1.29 is 9.53 Å². The van der Waals surface area contributed by atoms with Crippen molar-refractivity contribution in [2.45, 2.75) is 33.3 Å². The first-order valence-corrected chi connectivity index (χ1v) is 15.6. The predicted octanol–water partition coefficient (Wildman–Crippen LogP) is 10.8. The summed E-state index contributed by atoms with van der Waals surface area (Å²) in [5.41, 5.74) is 5.41. The Hall–Kier alpha value is -2.93. The molecule has 9 heteroatoms. The Kier molecular flexibility index (Phi) is 9.87. The van der Waals surface area contributed by atoms with Crippen LogP contribution in [0.25, 0.3) is 6.08 Å². The molecule has 1 aliphatic heterocycles. The zero-order chi connectivity index (χ0) is 29.8. The second-order valence-electron chi connectivity index (χ2n) is 9.54. The molecule has 0 unspecified atom stereocenters. The standard InChI is InChI=1S/C33H26Cl4N2O2S/c1-3-20-5-10-24(11-6-20)38-33-39(25-12-7-21(4-2)8-13-25)32(40)30(42-33)18-23-16-28(36)31(29(37)17-23)41-19-22-9-14-26(34)27(35)15-22/h5-18H,3-4,19H2,1-2H3/b30-18-,38-33?. The minimum Gasteiger partial charge on any atom is -0.486 e. The molecule has 5 rings (SSSR count). The average molecular weight is 656 g/mol. The van der Waals surface area contributed by atoms with E-state index in [1.54, 1.807) is 35.2 Å². The van der Waals surface area contributed by atoms with Gasteiger partial charge in [-0.25, -0.2) is 4.99 Å². The molecule has 0 radical (unpaired) electrons. The van der Waals surface area contributed by atoms with Gasteiger partial charge in [0.05, 0.1) is 36.4 Å². The molecular formula is C33H26Cl4N2O2S. The summed E-state index contributed by atoms with van der Waals surface area (Å²) in [4.78, 5) is 20.7. The number of amidine groups is 1. The van der Waals surface area contributed by atoms with Gasteiger partial charge in [-0.1, -0.05) is 90.6 Å². The van der Waals surface area contributed by atoms with Gasteiger partial charge in [0.1, 0.15) is 6.61 Å². The van der Waals surface area contributed by atoms with E-state index in [-0.39, 0.29) is 12.5 Å². The van der Waals surface area contributed by atoms with Crippen LogP contribution in [0.15, 0.2) is 88.8 Å². The summed E-state index contributed by atoms with van der Waals surface area (Å²) in [7, 11) is 0. The van der Waals surface area contributed by atoms with Crippen LogP contribution < -0.4 is 9.64 Å². The number of hydrogen-bond donors (Lipinski definition) is 0. The van der Waals surface area contributed by atoms with Gasteiger partial charge in [-0.15, -0.1) is 0 Å². The highest BCUT2D eigenvalue weighted by Gasteiger charge is 2.35. The summed E-state index contributed by atoms with van der Waals surface area (Å²) >= 11 is 26.6. The lowest BCUT2D eigenvalue weighted by atomic mass is 10.1. The van der Waals surface area contributed by atoms with E-state index >= 15 is 0 Å². The number of nitrogens with zero attached hydrogens (tertiary/aromatic N) is 2. The van der Waals surface area contributed by atoms with E-state index in [2.05, 4.69) is 13.8 Å². The van der Waals surface area contributed by atoms with Crippen LogP contribution in [0.2, 0.25) is 20.1 Å². The Balaban J connectivity index is 1.44. The molecule has 214 valence electrons. The lowest BCUT2D eigenvalue weighted by Gasteiger charge is -2.16. The molecule has 4 aromatic carbocycles. The Morgan fingerprint density at radius 2 is 1.36 bits per heavy atom. The first-order valence-electron chi connectivity index (χ1n) is 13.3. The summed E-state index contributed by atoms with van der Waals surface area (Å²) < 4.78 is 5.90. The van der Waals surface area contributed by atoms with Gasteiger partial charge in [-0.2, -0.15) is 0 Å². The summed E-state index contributed by atoms with van der Waals surface area (Å²) in [6.45, 7) is 4.41. The van der Waals surface area contributed by atoms with Crippen LogP contribution in [0.1, 0.15) is 36.1 Å². The van der Waals surface area contributed by atoms with Crippen LogP contribution in [0.4, 0.5) is 11.4 Å². The quantitative estimate of drug-likeness (QED) is 0.177. The van der Waals surface area contributed by atoms with Gasteiger partial charge in [0.2, 0.25) is 0 Å². The molecule has 0 aliphatic carbocycles. The Labute approximate surface area is 269 Å². The number of benzene rings is 4. The maximum absolute atomic E-state index is 13.8. The number of amides is 1. The maximum atomic E-state index is 13.8. The van der Waals surface area contributed by atoms with Crippen LogP contribution in [0.3, 0.4) is 0 Å². The van der Waals surface area contributed by atoms with Crippen LogP contribution in [0.5, 0.6) is 5.75 Å². The van der Waals surface area contributed by atoms with Crippen LogP contribution in [-0.4, -0.2) is 11.1 Å². The zero-order valence-corrected chi connectivity index (χ0v) is 26.7. The van der Waals surface area contributed by atoms with Gasteiger partial charge < -0.3 is 4.74 Å². The van der Waals surface area contributed by atoms with Gasteiger partial charge >= 0.3 is 0 Å².